The monoisotopic (exact) mass is 1870 g/mol. The second kappa shape index (κ2) is 41.0. The first-order valence-corrected chi connectivity index (χ1v) is 52.0. The summed E-state index contributed by atoms with van der Waals surface area (Å²) in [5.41, 5.74) is 19.1. The molecule has 10 aromatic carbocycles. The van der Waals surface area contributed by atoms with E-state index >= 15 is 0 Å². The number of anilines is 6. The molecule has 661 valence electrons. The quantitative estimate of drug-likeness (QED) is 0.0316. The number of aliphatic carboxylic acids is 1. The predicted molar refractivity (Wildman–Crippen MR) is 507 cm³/mol. The molecule has 8 aliphatic rings. The van der Waals surface area contributed by atoms with Crippen molar-refractivity contribution in [2.24, 2.45) is 20.0 Å². The molecule has 0 aromatic heterocycles. The van der Waals surface area contributed by atoms with Crippen LogP contribution in [0.4, 0.5) is 56.9 Å². The van der Waals surface area contributed by atoms with E-state index in [1.54, 1.807) is 43.4 Å². The van der Waals surface area contributed by atoms with Gasteiger partial charge < -0.3 is 53.5 Å². The number of carboxylic acid groups (broad SMARTS) is 1. The fourth-order valence-electron chi connectivity index (χ4n) is 17.0. The van der Waals surface area contributed by atoms with Gasteiger partial charge in [-0.25, -0.2) is 0 Å². The number of alkyl halides is 2. The average Bonchev–Trinajstić information content (AvgIpc) is 1.62. The number of carbonyl (C=O) groups is 6. The van der Waals surface area contributed by atoms with Crippen LogP contribution in [0.3, 0.4) is 0 Å². The average molecular weight is 1870 g/mol. The summed E-state index contributed by atoms with van der Waals surface area (Å²) in [5.74, 6) is 2.56. The van der Waals surface area contributed by atoms with Crippen molar-refractivity contribution in [3.05, 3.63) is 260 Å². The van der Waals surface area contributed by atoms with Gasteiger partial charge in [-0.1, -0.05) is 72.8 Å². The van der Waals surface area contributed by atoms with Crippen molar-refractivity contribution >= 4 is 160 Å². The summed E-state index contributed by atoms with van der Waals surface area (Å²) in [6, 6.07) is 57.7. The standard InChI is InChI=1S/C48H45N5O7.C47H43N5O7.C2H4Cl2.3CH3.H2O.Sn/c1-29-16-37-39(49-25-35-20-32-10-5-7-12-41(32)52(35)47(37)55)23-43(29)59-27-30-17-31(19-34(18-30)51(2)15-9-14-46(54)58-4)28-60-45-24-40-38(22-44(45)57-3)48(56)53-36(26-50-40)21-33-11-6-8-13-42(33)53;1-28-15-36-38(48-24-34-19-31-9-4-6-11-40(31)51(34)46(36)55)22-42(28)58-26-29-16-30(18-33(17-29)50(2)14-8-13-45(53)54)27-59-44-23-39-37(21-43(44)57-3)47(56)52-35(25-49-39)20-32-10-5-7-12-41(32)52;3-1-2-4;;;;;/h5-8,10-13,16-19,22-26,35-36H,9,14-15,20-21,27-28H2,1-4H3;4-7,9-12,15-18,21-25,34-35H,8,13-14,19-20,26-27H2,1-3H3,(H,53,54);1-2H2;3*1H3;1H2;/t35-,36-;34-,35-;;;;;;/m00....../s1. The van der Waals surface area contributed by atoms with Gasteiger partial charge in [0.15, 0.2) is 23.0 Å². The van der Waals surface area contributed by atoms with E-state index in [2.05, 4.69) is 37.9 Å². The molecule has 0 saturated carbocycles. The van der Waals surface area contributed by atoms with Gasteiger partial charge in [-0.2, -0.15) is 0 Å². The van der Waals surface area contributed by atoms with Crippen LogP contribution in [0.1, 0.15) is 123 Å². The van der Waals surface area contributed by atoms with Crippen LogP contribution in [0.15, 0.2) is 202 Å². The number of carboxylic acids is 1. The number of hydrogen-bond donors (Lipinski definition) is 1. The molecule has 0 spiro atoms. The molecule has 128 heavy (non-hydrogen) atoms. The number of nitrogens with zero attached hydrogens (tertiary/aromatic N) is 10. The molecular formula is C100H103Cl2N10O15Sn. The van der Waals surface area contributed by atoms with E-state index in [1.807, 2.05) is 212 Å². The first-order valence-electron chi connectivity index (χ1n) is 42.4. The first kappa shape index (κ1) is 91.6. The number of fused-ring (bicyclic) bond motifs is 16. The fourth-order valence-corrected chi connectivity index (χ4v) is 17.0. The minimum absolute atomic E-state index is 0. The second-order valence-electron chi connectivity index (χ2n) is 32.8. The molecule has 0 saturated heterocycles. The van der Waals surface area contributed by atoms with Crippen LogP contribution < -0.4 is 57.8 Å². The molecule has 10 aromatic rings. The molecular weight excluding hydrogens is 1770 g/mol. The van der Waals surface area contributed by atoms with Gasteiger partial charge >= 0.3 is 46.5 Å². The number of aryl methyl sites for hydroxylation is 2. The summed E-state index contributed by atoms with van der Waals surface area (Å²) in [5, 5.41) is 9.25. The number of methoxy groups -OCH3 is 3. The molecule has 25 nitrogen and oxygen atoms in total. The van der Waals surface area contributed by atoms with E-state index in [1.165, 1.54) is 7.11 Å². The number of halogens is 2. The third-order valence-electron chi connectivity index (χ3n) is 23.1. The Morgan fingerprint density at radius 1 is 0.414 bits per heavy atom. The van der Waals surface area contributed by atoms with E-state index in [0.717, 1.165) is 103 Å². The summed E-state index contributed by atoms with van der Waals surface area (Å²) >= 11 is 9.56. The van der Waals surface area contributed by atoms with Crippen LogP contribution >= 0.6 is 23.2 Å². The van der Waals surface area contributed by atoms with Gasteiger partial charge in [0.05, 0.1) is 90.5 Å². The van der Waals surface area contributed by atoms with Gasteiger partial charge in [0, 0.05) is 161 Å². The maximum absolute atomic E-state index is 14.0. The molecule has 8 heterocycles. The van der Waals surface area contributed by atoms with Crippen LogP contribution in [-0.4, -0.2) is 175 Å². The van der Waals surface area contributed by atoms with Gasteiger partial charge in [0.1, 0.15) is 37.9 Å². The van der Waals surface area contributed by atoms with E-state index in [-0.39, 0.29) is 92.1 Å². The summed E-state index contributed by atoms with van der Waals surface area (Å²) < 4.78 is 42.2. The van der Waals surface area contributed by atoms with Crippen molar-refractivity contribution < 1.29 is 72.5 Å². The van der Waals surface area contributed by atoms with Gasteiger partial charge in [-0.05, 0) is 167 Å². The Kier molecular flexibility index (Phi) is 29.4. The van der Waals surface area contributed by atoms with Crippen molar-refractivity contribution in [1.82, 2.24) is 0 Å². The van der Waals surface area contributed by atoms with Crippen molar-refractivity contribution in [1.29, 1.82) is 0 Å². The Morgan fingerprint density at radius 2 is 0.695 bits per heavy atom. The Bertz CT molecular complexity index is 6020. The van der Waals surface area contributed by atoms with Crippen LogP contribution in [-0.2, 0) is 66.4 Å². The summed E-state index contributed by atoms with van der Waals surface area (Å²) in [6.07, 6.45) is 11.7. The molecule has 0 bridgehead atoms. The molecule has 0 aliphatic carbocycles. The first-order chi connectivity index (χ1) is 61.5. The number of hydrogen-bond acceptors (Lipinski definition) is 19. The number of rotatable bonds is 25. The Balaban J connectivity index is 0.000000190. The third-order valence-corrected chi connectivity index (χ3v) is 23.7. The zero-order valence-electron chi connectivity index (χ0n) is 73.2. The number of ether oxygens (including phenoxy) is 7. The van der Waals surface area contributed by atoms with Crippen molar-refractivity contribution in [3.8, 4) is 34.5 Å². The number of carbonyl (C=O) groups excluding carboxylic acids is 5. The van der Waals surface area contributed by atoms with E-state index in [4.69, 9.17) is 76.3 Å². The minimum atomic E-state index is -0.840. The van der Waals surface area contributed by atoms with Crippen LogP contribution in [0, 0.1) is 13.8 Å². The van der Waals surface area contributed by atoms with E-state index < -0.39 is 25.7 Å². The Labute approximate surface area is 762 Å². The molecule has 8 aliphatic heterocycles. The molecule has 0 fully saturated rings. The third kappa shape index (κ3) is 20.2. The molecule has 3 N–H and O–H groups in total. The van der Waals surface area contributed by atoms with Gasteiger partial charge in [-0.15, -0.1) is 23.2 Å². The van der Waals surface area contributed by atoms with E-state index in [0.29, 0.717) is 136 Å². The maximum atomic E-state index is 14.0. The van der Waals surface area contributed by atoms with Gasteiger partial charge in [0.25, 0.3) is 23.6 Å². The molecule has 28 heteroatoms. The number of esters is 1. The van der Waals surface area contributed by atoms with Crippen molar-refractivity contribution in [2.45, 2.75) is 131 Å². The molecule has 18 rings (SSSR count). The molecule has 4 atom stereocenters. The summed E-state index contributed by atoms with van der Waals surface area (Å²) in [7, 11) is 8.40. The Morgan fingerprint density at radius 3 is 0.984 bits per heavy atom. The zero-order chi connectivity index (χ0) is 89.3. The molecule has 4 amide bonds. The number of benzene rings is 10. The molecule has 0 unspecified atom stereocenters. The predicted octanol–water partition coefficient (Wildman–Crippen LogP) is 18.2. The van der Waals surface area contributed by atoms with Crippen molar-refractivity contribution in [3.63, 3.8) is 0 Å². The second-order valence-corrected chi connectivity index (χ2v) is 42.1. The van der Waals surface area contributed by atoms with Crippen molar-refractivity contribution in [2.75, 3.05) is 89.7 Å². The topological polar surface area (TPSA) is 288 Å². The Hall–Kier alpha value is -12.6. The van der Waals surface area contributed by atoms with Crippen LogP contribution in [0.25, 0.3) is 0 Å². The van der Waals surface area contributed by atoms with Crippen LogP contribution in [0.5, 0.6) is 34.5 Å². The fraction of sp³-hybridized carbons (Fsp3) is 0.300. The van der Waals surface area contributed by atoms with Gasteiger partial charge in [-0.3, -0.25) is 68.3 Å². The summed E-state index contributed by atoms with van der Waals surface area (Å²) in [4.78, 5) is 116. The van der Waals surface area contributed by atoms with Crippen LogP contribution in [0.2, 0.25) is 14.8 Å². The SMILES string of the molecule is COC(=O)CCCN(C)c1cc(COc2cc3c(cc2C)C(=O)N2c4ccccc4C[C@H]2C=N3)cc(COc2cc3c(cc2OC)C(=O)N2c4ccccc4C[C@H]2C=N3)c1.COc1cc2c(cc1OCc1cc(COc3cc4c(cc3C)C(=O)N3c5ccccc5C[C@H]3C=N4)cc(N(C)CCCC(=O)O)c1)N=C[C@@H]1Cc3ccccc3N1C2=O.ClCCCl.O.[CH3][Sn]([CH3])[CH3]. The van der Waals surface area contributed by atoms with E-state index in [9.17, 15) is 33.9 Å². The number of amides is 4. The summed E-state index contributed by atoms with van der Waals surface area (Å²) in [6.45, 7) is 5.79. The number of aliphatic imine (C=N–C) groups is 4. The van der Waals surface area contributed by atoms with Gasteiger partial charge in [0.2, 0.25) is 0 Å². The molecule has 1 radical (unpaired) electrons. The normalized spacial score (nSPS) is 16.2. The zero-order valence-corrected chi connectivity index (χ0v) is 77.6. The number of para-hydroxylation sites is 4.